The average Bonchev–Trinajstić information content (AvgIpc) is 2.52. The highest BCUT2D eigenvalue weighted by molar-refractivity contribution is 6.40. The summed E-state index contributed by atoms with van der Waals surface area (Å²) in [5.41, 5.74) is 2.22. The van der Waals surface area contributed by atoms with Gasteiger partial charge >= 0.3 is 0 Å². The van der Waals surface area contributed by atoms with Gasteiger partial charge in [0.05, 0.1) is 5.03 Å². The van der Waals surface area contributed by atoms with E-state index in [4.69, 9.17) is 23.2 Å². The van der Waals surface area contributed by atoms with Crippen LogP contribution in [0.1, 0.15) is 17.5 Å². The van der Waals surface area contributed by atoms with Crippen LogP contribution in [0.3, 0.4) is 0 Å². The lowest BCUT2D eigenvalue weighted by atomic mass is 9.70. The van der Waals surface area contributed by atoms with E-state index < -0.39 is 0 Å². The molecule has 0 nitrogen and oxygen atoms in total. The first kappa shape index (κ1) is 13.5. The molecule has 0 amide bonds. The minimum Gasteiger partial charge on any atom is -0.0875 e. The van der Waals surface area contributed by atoms with Crippen molar-refractivity contribution in [3.05, 3.63) is 94.0 Å². The molecule has 1 aliphatic rings. The van der Waals surface area contributed by atoms with Crippen LogP contribution < -0.4 is 0 Å². The third-order valence-electron chi connectivity index (χ3n) is 3.79. The zero-order valence-corrected chi connectivity index (χ0v) is 12.4. The molecule has 100 valence electrons. The van der Waals surface area contributed by atoms with Gasteiger partial charge in [-0.2, -0.15) is 0 Å². The van der Waals surface area contributed by atoms with Crippen molar-refractivity contribution >= 4 is 23.2 Å². The minimum absolute atomic E-state index is 0.238. The maximum atomic E-state index is 6.35. The van der Waals surface area contributed by atoms with Gasteiger partial charge in [0.1, 0.15) is 0 Å². The molecule has 2 heteroatoms. The van der Waals surface area contributed by atoms with Crippen molar-refractivity contribution in [3.8, 4) is 0 Å². The number of hydrogen-bond acceptors (Lipinski definition) is 0. The van der Waals surface area contributed by atoms with E-state index in [0.717, 1.165) is 0 Å². The third kappa shape index (κ3) is 2.30. The summed E-state index contributed by atoms with van der Waals surface area (Å²) >= 11 is 12.5. The molecule has 0 aromatic heterocycles. The smallest absolute Gasteiger partial charge is 0.0548 e. The van der Waals surface area contributed by atoms with Crippen LogP contribution in [0.25, 0.3) is 0 Å². The Bertz CT molecular complexity index is 615. The molecular formula is C18H14Cl2. The van der Waals surface area contributed by atoms with E-state index in [-0.39, 0.29) is 5.41 Å². The second-order valence-electron chi connectivity index (χ2n) is 4.97. The first-order valence-electron chi connectivity index (χ1n) is 6.57. The van der Waals surface area contributed by atoms with Crippen molar-refractivity contribution in [1.29, 1.82) is 0 Å². The molecule has 2 aromatic carbocycles. The van der Waals surface area contributed by atoms with Gasteiger partial charge in [-0.3, -0.25) is 0 Å². The molecule has 0 atom stereocenters. The van der Waals surface area contributed by atoms with E-state index in [1.165, 1.54) is 11.1 Å². The molecule has 0 saturated heterocycles. The molecule has 0 spiro atoms. The predicted molar refractivity (Wildman–Crippen MR) is 86.2 cm³/mol. The standard InChI is InChI=1S/C18H14Cl2/c19-16-11-12-18(13-17(16)20,14-7-3-1-4-8-14)15-9-5-2-6-10-15/h1-12H,13H2. The van der Waals surface area contributed by atoms with E-state index in [9.17, 15) is 0 Å². The highest BCUT2D eigenvalue weighted by Crippen LogP contribution is 2.44. The van der Waals surface area contributed by atoms with Gasteiger partial charge in [0.15, 0.2) is 0 Å². The van der Waals surface area contributed by atoms with E-state index in [0.29, 0.717) is 16.5 Å². The van der Waals surface area contributed by atoms with Crippen LogP contribution in [0.15, 0.2) is 82.9 Å². The lowest BCUT2D eigenvalue weighted by Gasteiger charge is -2.34. The molecule has 0 aliphatic heterocycles. The van der Waals surface area contributed by atoms with Crippen LogP contribution in [-0.2, 0) is 5.41 Å². The van der Waals surface area contributed by atoms with Gasteiger partial charge in [0.2, 0.25) is 0 Å². The molecule has 20 heavy (non-hydrogen) atoms. The first-order valence-corrected chi connectivity index (χ1v) is 7.32. The molecule has 0 bridgehead atoms. The Morgan fingerprint density at radius 1 is 0.750 bits per heavy atom. The number of rotatable bonds is 2. The van der Waals surface area contributed by atoms with Gasteiger partial charge in [-0.05, 0) is 17.2 Å². The fourth-order valence-corrected chi connectivity index (χ4v) is 3.13. The number of hydrogen-bond donors (Lipinski definition) is 0. The van der Waals surface area contributed by atoms with Gasteiger partial charge in [-0.15, -0.1) is 0 Å². The van der Waals surface area contributed by atoms with Gasteiger partial charge in [-0.25, -0.2) is 0 Å². The molecule has 0 saturated carbocycles. The molecule has 2 aromatic rings. The summed E-state index contributed by atoms with van der Waals surface area (Å²) in [6.45, 7) is 0. The zero-order chi connectivity index (χ0) is 14.0. The third-order valence-corrected chi connectivity index (χ3v) is 4.57. The molecule has 0 unspecified atom stereocenters. The Labute approximate surface area is 129 Å². The highest BCUT2D eigenvalue weighted by atomic mass is 35.5. The predicted octanol–water partition coefficient (Wildman–Crippen LogP) is 5.62. The van der Waals surface area contributed by atoms with Crippen molar-refractivity contribution in [2.45, 2.75) is 11.8 Å². The fraction of sp³-hybridized carbons (Fsp3) is 0.111. The van der Waals surface area contributed by atoms with Crippen LogP contribution in [0.4, 0.5) is 0 Å². The van der Waals surface area contributed by atoms with Gasteiger partial charge in [0.25, 0.3) is 0 Å². The zero-order valence-electron chi connectivity index (χ0n) is 10.9. The largest absolute Gasteiger partial charge is 0.0875 e. The maximum absolute atomic E-state index is 6.35. The van der Waals surface area contributed by atoms with E-state index in [2.05, 4.69) is 54.6 Å². The van der Waals surface area contributed by atoms with E-state index >= 15 is 0 Å². The second-order valence-corrected chi connectivity index (χ2v) is 5.83. The minimum atomic E-state index is -0.238. The van der Waals surface area contributed by atoms with Crippen molar-refractivity contribution < 1.29 is 0 Å². The number of halogens is 2. The van der Waals surface area contributed by atoms with Crippen LogP contribution >= 0.6 is 23.2 Å². The van der Waals surface area contributed by atoms with Crippen molar-refractivity contribution in [3.63, 3.8) is 0 Å². The topological polar surface area (TPSA) is 0 Å². The number of benzene rings is 2. The molecule has 1 aliphatic carbocycles. The Hall–Kier alpha value is -1.50. The summed E-state index contributed by atoms with van der Waals surface area (Å²) < 4.78 is 0. The summed E-state index contributed by atoms with van der Waals surface area (Å²) in [6, 6.07) is 20.8. The maximum Gasteiger partial charge on any atom is 0.0548 e. The Balaban J connectivity index is 2.18. The Morgan fingerprint density at radius 3 is 1.70 bits per heavy atom. The van der Waals surface area contributed by atoms with Crippen LogP contribution in [0.2, 0.25) is 0 Å². The quantitative estimate of drug-likeness (QED) is 0.675. The van der Waals surface area contributed by atoms with Crippen LogP contribution in [0.5, 0.6) is 0 Å². The fourth-order valence-electron chi connectivity index (χ4n) is 2.73. The van der Waals surface area contributed by atoms with Gasteiger partial charge < -0.3 is 0 Å². The average molecular weight is 301 g/mol. The summed E-state index contributed by atoms with van der Waals surface area (Å²) in [5.74, 6) is 0. The van der Waals surface area contributed by atoms with Crippen molar-refractivity contribution in [2.24, 2.45) is 0 Å². The molecule has 3 rings (SSSR count). The molecule has 0 N–H and O–H groups in total. The summed E-state index contributed by atoms with van der Waals surface area (Å²) in [5, 5.41) is 1.34. The molecule has 0 heterocycles. The monoisotopic (exact) mass is 300 g/mol. The van der Waals surface area contributed by atoms with Crippen molar-refractivity contribution in [1.82, 2.24) is 0 Å². The first-order chi connectivity index (χ1) is 9.72. The second kappa shape index (κ2) is 5.47. The normalized spacial score (nSPS) is 17.3. The Morgan fingerprint density at radius 2 is 1.25 bits per heavy atom. The lowest BCUT2D eigenvalue weighted by molar-refractivity contribution is 0.640. The van der Waals surface area contributed by atoms with E-state index in [1.807, 2.05) is 18.2 Å². The number of allylic oxidation sites excluding steroid dienone is 4. The van der Waals surface area contributed by atoms with Gasteiger partial charge in [0, 0.05) is 16.9 Å². The summed E-state index contributed by atoms with van der Waals surface area (Å²) in [4.78, 5) is 0. The SMILES string of the molecule is ClC1=C(Cl)CC(c2ccccc2)(c2ccccc2)C=C1. The van der Waals surface area contributed by atoms with Crippen molar-refractivity contribution in [2.75, 3.05) is 0 Å². The molecular weight excluding hydrogens is 287 g/mol. The van der Waals surface area contributed by atoms with Gasteiger partial charge in [-0.1, -0.05) is 89.9 Å². The molecule has 0 radical (unpaired) electrons. The highest BCUT2D eigenvalue weighted by Gasteiger charge is 2.34. The summed E-state index contributed by atoms with van der Waals surface area (Å²) in [6.07, 6.45) is 4.76. The van der Waals surface area contributed by atoms with Crippen LogP contribution in [-0.4, -0.2) is 0 Å². The molecule has 0 fully saturated rings. The van der Waals surface area contributed by atoms with E-state index in [1.54, 1.807) is 0 Å². The Kier molecular flexibility index (Phi) is 3.69. The van der Waals surface area contributed by atoms with Crippen LogP contribution in [0, 0.1) is 0 Å². The lowest BCUT2D eigenvalue weighted by Crippen LogP contribution is -2.27. The summed E-state index contributed by atoms with van der Waals surface area (Å²) in [7, 11) is 0.